The molecule has 1 N–H and O–H groups in total. The van der Waals surface area contributed by atoms with Crippen molar-refractivity contribution in [1.29, 1.82) is 0 Å². The molecule has 0 unspecified atom stereocenters. The Labute approximate surface area is 203 Å². The lowest BCUT2D eigenvalue weighted by atomic mass is 10.0. The van der Waals surface area contributed by atoms with Crippen molar-refractivity contribution in [2.24, 2.45) is 7.05 Å². The fraction of sp³-hybridized carbons (Fsp3) is 0.0769. The van der Waals surface area contributed by atoms with Crippen LogP contribution < -0.4 is 4.74 Å². The molecule has 34 heavy (non-hydrogen) atoms. The number of hydrogen-bond donors (Lipinski definition) is 1. The minimum Gasteiger partial charge on any atom is -0.487 e. The van der Waals surface area contributed by atoms with Crippen molar-refractivity contribution >= 4 is 32.8 Å². The van der Waals surface area contributed by atoms with Crippen LogP contribution in [0.4, 0.5) is 0 Å². The van der Waals surface area contributed by atoms with E-state index in [0.29, 0.717) is 17.0 Å². The first-order chi connectivity index (χ1) is 16.5. The average Bonchev–Trinajstić information content (AvgIpc) is 3.25. The van der Waals surface area contributed by atoms with E-state index in [0.717, 1.165) is 32.2 Å². The maximum absolute atomic E-state index is 11.8. The first kappa shape index (κ1) is 21.8. The fourth-order valence-corrected chi connectivity index (χ4v) is 4.27. The topological polar surface area (TPSA) is 90.1 Å². The van der Waals surface area contributed by atoms with Crippen molar-refractivity contribution in [2.45, 2.75) is 6.61 Å². The molecule has 5 rings (SSSR count). The van der Waals surface area contributed by atoms with Crippen LogP contribution in [-0.2, 0) is 13.7 Å². The quantitative estimate of drug-likeness (QED) is 0.310. The van der Waals surface area contributed by atoms with E-state index in [2.05, 4.69) is 31.0 Å². The van der Waals surface area contributed by atoms with E-state index in [9.17, 15) is 9.90 Å². The summed E-state index contributed by atoms with van der Waals surface area (Å²) in [6.07, 6.45) is 5.49. The van der Waals surface area contributed by atoms with E-state index in [1.54, 1.807) is 23.1 Å². The van der Waals surface area contributed by atoms with Gasteiger partial charge in [-0.05, 0) is 60.2 Å². The maximum atomic E-state index is 11.8. The van der Waals surface area contributed by atoms with E-state index in [4.69, 9.17) is 4.74 Å². The number of carboxylic acids is 1. The molecule has 8 heteroatoms. The highest BCUT2D eigenvalue weighted by Gasteiger charge is 2.16. The molecule has 3 aromatic heterocycles. The Hall–Kier alpha value is -4.04. The summed E-state index contributed by atoms with van der Waals surface area (Å²) < 4.78 is 8.48. The number of ether oxygens (including phenoxy) is 1. The molecule has 0 amide bonds. The van der Waals surface area contributed by atoms with Crippen molar-refractivity contribution in [3.63, 3.8) is 0 Å². The Morgan fingerprint density at radius 1 is 1.06 bits per heavy atom. The third-order valence-electron chi connectivity index (χ3n) is 5.44. The first-order valence-corrected chi connectivity index (χ1v) is 11.3. The van der Waals surface area contributed by atoms with Gasteiger partial charge in [0, 0.05) is 46.6 Å². The molecule has 0 saturated carbocycles. The van der Waals surface area contributed by atoms with Gasteiger partial charge in [0.2, 0.25) is 0 Å². The van der Waals surface area contributed by atoms with Crippen LogP contribution >= 0.6 is 15.9 Å². The summed E-state index contributed by atoms with van der Waals surface area (Å²) in [6, 6.07) is 18.7. The minimum absolute atomic E-state index is 0.0370. The van der Waals surface area contributed by atoms with Crippen molar-refractivity contribution in [3.05, 3.63) is 95.0 Å². The second kappa shape index (κ2) is 9.07. The summed E-state index contributed by atoms with van der Waals surface area (Å²) in [6.45, 7) is 0.0370. The zero-order chi connectivity index (χ0) is 23.7. The van der Waals surface area contributed by atoms with Gasteiger partial charge in [0.1, 0.15) is 18.1 Å². The molecular weight excluding hydrogens is 496 g/mol. The highest BCUT2D eigenvalue weighted by Crippen LogP contribution is 2.32. The average molecular weight is 515 g/mol. The van der Waals surface area contributed by atoms with Gasteiger partial charge in [-0.2, -0.15) is 5.10 Å². The van der Waals surface area contributed by atoms with E-state index in [-0.39, 0.29) is 12.2 Å². The van der Waals surface area contributed by atoms with Crippen LogP contribution in [0, 0.1) is 0 Å². The molecular formula is C26H19BrN4O3. The lowest BCUT2D eigenvalue weighted by Crippen LogP contribution is -2.08. The molecule has 0 radical (unpaired) electrons. The molecule has 3 heterocycles. The van der Waals surface area contributed by atoms with Gasteiger partial charge in [-0.15, -0.1) is 0 Å². The third kappa shape index (κ3) is 4.27. The van der Waals surface area contributed by atoms with Gasteiger partial charge in [0.05, 0.1) is 16.8 Å². The van der Waals surface area contributed by atoms with Gasteiger partial charge in [-0.25, -0.2) is 9.78 Å². The lowest BCUT2D eigenvalue weighted by Gasteiger charge is -2.11. The Balaban J connectivity index is 1.40. The number of pyridine rings is 2. The minimum atomic E-state index is -1.04. The van der Waals surface area contributed by atoms with Crippen molar-refractivity contribution < 1.29 is 14.6 Å². The highest BCUT2D eigenvalue weighted by molar-refractivity contribution is 9.10. The Morgan fingerprint density at radius 2 is 1.82 bits per heavy atom. The third-order valence-corrected chi connectivity index (χ3v) is 6.13. The molecule has 168 valence electrons. The lowest BCUT2D eigenvalue weighted by molar-refractivity contribution is 0.0693. The fourth-order valence-electron chi connectivity index (χ4n) is 3.80. The molecule has 0 spiro atoms. The Morgan fingerprint density at radius 3 is 2.56 bits per heavy atom. The molecule has 0 aliphatic heterocycles. The summed E-state index contributed by atoms with van der Waals surface area (Å²) in [4.78, 5) is 20.4. The van der Waals surface area contributed by atoms with E-state index >= 15 is 0 Å². The zero-order valence-electron chi connectivity index (χ0n) is 18.1. The largest absolute Gasteiger partial charge is 0.487 e. The van der Waals surface area contributed by atoms with Gasteiger partial charge < -0.3 is 9.84 Å². The van der Waals surface area contributed by atoms with Crippen LogP contribution in [0.1, 0.15) is 16.1 Å². The van der Waals surface area contributed by atoms with Crippen molar-refractivity contribution in [1.82, 2.24) is 19.7 Å². The number of halogens is 1. The summed E-state index contributed by atoms with van der Waals surface area (Å²) in [5.41, 5.74) is 5.03. The number of benzene rings is 2. The van der Waals surface area contributed by atoms with Crippen LogP contribution in [0.3, 0.4) is 0 Å². The standard InChI is InChI=1S/C26H19BrN4O3/c1-31-14-21(16-9-11-28-12-10-16)25(30-31)17-5-7-18(8-6-17)34-15-24-20(26(32)33)13-19-22(27)3-2-4-23(19)29-24/h2-14H,15H2,1H3,(H,32,33). The molecule has 0 bridgehead atoms. The summed E-state index contributed by atoms with van der Waals surface area (Å²) >= 11 is 3.45. The molecule has 0 saturated heterocycles. The molecule has 7 nitrogen and oxygen atoms in total. The normalized spacial score (nSPS) is 11.0. The second-order valence-corrected chi connectivity index (χ2v) is 8.56. The Kier molecular flexibility index (Phi) is 5.81. The molecule has 0 aliphatic carbocycles. The number of aryl methyl sites for hydroxylation is 1. The van der Waals surface area contributed by atoms with E-state index < -0.39 is 5.97 Å². The first-order valence-electron chi connectivity index (χ1n) is 10.5. The van der Waals surface area contributed by atoms with Crippen LogP contribution in [0.15, 0.2) is 83.7 Å². The van der Waals surface area contributed by atoms with Gasteiger partial charge in [0.15, 0.2) is 0 Å². The zero-order valence-corrected chi connectivity index (χ0v) is 19.7. The molecule has 0 atom stereocenters. The van der Waals surface area contributed by atoms with Crippen LogP contribution in [-0.4, -0.2) is 30.8 Å². The van der Waals surface area contributed by atoms with Crippen LogP contribution in [0.5, 0.6) is 5.75 Å². The van der Waals surface area contributed by atoms with Crippen molar-refractivity contribution in [2.75, 3.05) is 0 Å². The predicted octanol–water partition coefficient (Wildman–Crippen LogP) is 5.74. The molecule has 0 fully saturated rings. The van der Waals surface area contributed by atoms with Gasteiger partial charge >= 0.3 is 5.97 Å². The smallest absolute Gasteiger partial charge is 0.337 e. The number of fused-ring (bicyclic) bond motifs is 1. The molecule has 0 aliphatic rings. The number of aromatic carboxylic acids is 1. The van der Waals surface area contributed by atoms with Crippen LogP contribution in [0.2, 0.25) is 0 Å². The Bertz CT molecular complexity index is 1500. The summed E-state index contributed by atoms with van der Waals surface area (Å²) in [7, 11) is 1.89. The number of hydrogen-bond acceptors (Lipinski definition) is 5. The van der Waals surface area contributed by atoms with Gasteiger partial charge in [-0.1, -0.05) is 22.0 Å². The van der Waals surface area contributed by atoms with E-state index in [1.807, 2.05) is 67.8 Å². The molecule has 5 aromatic rings. The number of nitrogens with zero attached hydrogens (tertiary/aromatic N) is 4. The van der Waals surface area contributed by atoms with Crippen LogP contribution in [0.25, 0.3) is 33.3 Å². The number of carbonyl (C=O) groups is 1. The van der Waals surface area contributed by atoms with Gasteiger partial charge in [0.25, 0.3) is 0 Å². The summed E-state index contributed by atoms with van der Waals surface area (Å²) in [5, 5.41) is 15.0. The predicted molar refractivity (Wildman–Crippen MR) is 133 cm³/mol. The second-order valence-electron chi connectivity index (χ2n) is 7.71. The number of aromatic nitrogens is 4. The van der Waals surface area contributed by atoms with E-state index in [1.165, 1.54) is 0 Å². The monoisotopic (exact) mass is 514 g/mol. The highest BCUT2D eigenvalue weighted by atomic mass is 79.9. The SMILES string of the molecule is Cn1cc(-c2ccncc2)c(-c2ccc(OCc3nc4cccc(Br)c4cc3C(=O)O)cc2)n1. The number of rotatable bonds is 6. The van der Waals surface area contributed by atoms with Gasteiger partial charge in [-0.3, -0.25) is 9.67 Å². The van der Waals surface area contributed by atoms with Crippen molar-refractivity contribution in [3.8, 4) is 28.1 Å². The number of carboxylic acid groups (broad SMARTS) is 1. The summed E-state index contributed by atoms with van der Waals surface area (Å²) in [5.74, 6) is -0.435. The molecule has 2 aromatic carbocycles. The maximum Gasteiger partial charge on any atom is 0.337 e.